The van der Waals surface area contributed by atoms with Gasteiger partial charge in [0.1, 0.15) is 19.8 Å². The van der Waals surface area contributed by atoms with Gasteiger partial charge in [0.2, 0.25) is 12.8 Å². The molecule has 0 radical (unpaired) electrons. The first-order valence-corrected chi connectivity index (χ1v) is 17.3. The third-order valence-corrected chi connectivity index (χ3v) is 8.80. The van der Waals surface area contributed by atoms with Crippen LogP contribution in [0.25, 0.3) is 0 Å². The number of rotatable bonds is 27. The van der Waals surface area contributed by atoms with E-state index in [4.69, 9.17) is 29.4 Å². The lowest BCUT2D eigenvalue weighted by Crippen LogP contribution is -2.27. The minimum atomic E-state index is -0.375. The fourth-order valence-corrected chi connectivity index (χ4v) is 6.00. The number of amides is 1. The van der Waals surface area contributed by atoms with E-state index in [1.807, 2.05) is 0 Å². The van der Waals surface area contributed by atoms with Crippen molar-refractivity contribution in [2.24, 2.45) is 9.98 Å². The molecule has 0 saturated heterocycles. The van der Waals surface area contributed by atoms with Crippen LogP contribution >= 0.6 is 71.4 Å². The van der Waals surface area contributed by atoms with Crippen LogP contribution in [0.4, 0.5) is 4.79 Å². The monoisotopic (exact) mass is 611 g/mol. The summed E-state index contributed by atoms with van der Waals surface area (Å²) in [6, 6.07) is 0. The van der Waals surface area contributed by atoms with Gasteiger partial charge in [0.25, 0.3) is 0 Å². The Balaban J connectivity index is 3.21. The second-order valence-corrected chi connectivity index (χ2v) is 12.7. The molecule has 0 aliphatic carbocycles. The maximum absolute atomic E-state index is 11.6. The zero-order valence-corrected chi connectivity index (χ0v) is 24.7. The molecule has 10 nitrogen and oxygen atoms in total. The van der Waals surface area contributed by atoms with E-state index in [1.54, 1.807) is 58.8 Å². The molecule has 0 fully saturated rings. The molecule has 0 aromatic carbocycles. The number of ether oxygens (including phenoxy) is 1. The fraction of sp³-hybridized carbons (Fsp3) is 0.842. The van der Waals surface area contributed by atoms with E-state index < -0.39 is 0 Å². The van der Waals surface area contributed by atoms with Crippen LogP contribution in [0.15, 0.2) is 9.98 Å². The molecule has 0 saturated carbocycles. The van der Waals surface area contributed by atoms with E-state index in [1.165, 1.54) is 12.8 Å². The normalized spacial score (nSPS) is 11.4. The summed E-state index contributed by atoms with van der Waals surface area (Å²) in [5.41, 5.74) is 0. The first-order valence-electron chi connectivity index (χ1n) is 10.9. The fourth-order valence-electron chi connectivity index (χ4n) is 1.67. The molecule has 0 rings (SSSR count). The maximum Gasteiger partial charge on any atom is 0.407 e. The zero-order valence-electron chi connectivity index (χ0n) is 19.7. The van der Waals surface area contributed by atoms with E-state index in [9.17, 15) is 4.79 Å². The van der Waals surface area contributed by atoms with Gasteiger partial charge in [0.05, 0.1) is 19.7 Å². The highest BCUT2D eigenvalue weighted by molar-refractivity contribution is 8.16. The summed E-state index contributed by atoms with van der Waals surface area (Å²) < 4.78 is 5.15. The molecule has 0 spiro atoms. The van der Waals surface area contributed by atoms with Crippen molar-refractivity contribution < 1.29 is 34.2 Å². The molecule has 0 aromatic heterocycles. The SMILES string of the molecule is O=C(NCCSCSCCN=COOCCSCCO)OCCSCSCCOOC=NCCS. The minimum Gasteiger partial charge on any atom is -0.449 e. The Morgan fingerprint density at radius 3 is 2.09 bits per heavy atom. The summed E-state index contributed by atoms with van der Waals surface area (Å²) in [5.74, 6) is 5.43. The third-order valence-electron chi connectivity index (χ3n) is 3.13. The minimum absolute atomic E-state index is 0.176. The summed E-state index contributed by atoms with van der Waals surface area (Å²) in [6.07, 6.45) is 2.22. The number of aliphatic hydroxyl groups is 1. The van der Waals surface area contributed by atoms with Gasteiger partial charge >= 0.3 is 6.09 Å². The Bertz CT molecular complexity index is 514. The van der Waals surface area contributed by atoms with Gasteiger partial charge in [-0.2, -0.15) is 34.2 Å². The van der Waals surface area contributed by atoms with Gasteiger partial charge in [-0.3, -0.25) is 9.98 Å². The van der Waals surface area contributed by atoms with Crippen LogP contribution < -0.4 is 5.32 Å². The van der Waals surface area contributed by atoms with Crippen LogP contribution in [0.5, 0.6) is 0 Å². The molecule has 2 N–H and O–H groups in total. The topological polar surface area (TPSA) is 120 Å². The van der Waals surface area contributed by atoms with Crippen LogP contribution in [-0.4, -0.2) is 121 Å². The summed E-state index contributed by atoms with van der Waals surface area (Å²) in [4.78, 5) is 39.1. The molecule has 0 atom stereocenters. The van der Waals surface area contributed by atoms with E-state index in [-0.39, 0.29) is 12.7 Å². The maximum atomic E-state index is 11.6. The molecule has 0 heterocycles. The Morgan fingerprint density at radius 1 is 0.800 bits per heavy atom. The zero-order chi connectivity index (χ0) is 25.5. The van der Waals surface area contributed by atoms with Crippen molar-refractivity contribution in [3.8, 4) is 0 Å². The molecule has 0 bridgehead atoms. The second kappa shape index (κ2) is 32.2. The average molecular weight is 612 g/mol. The van der Waals surface area contributed by atoms with Crippen LogP contribution in [-0.2, 0) is 24.3 Å². The van der Waals surface area contributed by atoms with Crippen LogP contribution in [0.3, 0.4) is 0 Å². The third kappa shape index (κ3) is 32.2. The summed E-state index contributed by atoms with van der Waals surface area (Å²) >= 11 is 12.6. The second-order valence-electron chi connectivity index (χ2n) is 5.85. The average Bonchev–Trinajstić information content (AvgIpc) is 2.86. The van der Waals surface area contributed by atoms with Gasteiger partial charge < -0.3 is 24.9 Å². The number of aliphatic imine (C=N–C) groups is 2. The van der Waals surface area contributed by atoms with Crippen molar-refractivity contribution in [2.45, 2.75) is 0 Å². The van der Waals surface area contributed by atoms with Gasteiger partial charge in [-0.05, 0) is 0 Å². The van der Waals surface area contributed by atoms with Gasteiger partial charge in [-0.25, -0.2) is 4.79 Å². The van der Waals surface area contributed by atoms with E-state index in [0.717, 1.165) is 38.9 Å². The number of hydrogen-bond acceptors (Lipinski definition) is 15. The van der Waals surface area contributed by atoms with Crippen molar-refractivity contribution in [1.82, 2.24) is 5.32 Å². The Labute approximate surface area is 235 Å². The predicted molar refractivity (Wildman–Crippen MR) is 158 cm³/mol. The highest BCUT2D eigenvalue weighted by Crippen LogP contribution is 2.12. The summed E-state index contributed by atoms with van der Waals surface area (Å²) in [5, 5.41) is 13.2. The van der Waals surface area contributed by atoms with Crippen molar-refractivity contribution in [3.05, 3.63) is 0 Å². The number of nitrogens with zero attached hydrogens (tertiary/aromatic N) is 2. The number of aliphatic hydroxyl groups excluding tert-OH is 1. The van der Waals surface area contributed by atoms with E-state index >= 15 is 0 Å². The standard InChI is InChI=1S/C19H37N3O7S6/c23-4-11-31-13-6-26-29-16-21-2-9-32-17-33-10-3-22-19(24)25-5-12-34-18-35-14-7-27-28-15-20-1-8-30/h15-16,23,30H,1-14,17-18H2,(H,22,24). The molecule has 0 aromatic rings. The van der Waals surface area contributed by atoms with Crippen molar-refractivity contribution in [3.63, 3.8) is 0 Å². The van der Waals surface area contributed by atoms with Gasteiger partial charge in [-0.15, -0.1) is 47.0 Å². The number of thiol groups is 1. The molecular formula is C19H37N3O7S6. The highest BCUT2D eigenvalue weighted by atomic mass is 32.2. The molecule has 1 amide bonds. The van der Waals surface area contributed by atoms with Crippen molar-refractivity contribution >= 4 is 90.3 Å². The molecule has 0 unspecified atom stereocenters. The molecule has 0 aliphatic heterocycles. The smallest absolute Gasteiger partial charge is 0.407 e. The quantitative estimate of drug-likeness (QED) is 0.0241. The number of thioether (sulfide) groups is 5. The van der Waals surface area contributed by atoms with Gasteiger partial charge in [-0.1, -0.05) is 0 Å². The lowest BCUT2D eigenvalue weighted by molar-refractivity contribution is -0.210. The Hall–Kier alpha value is 0.190. The number of carbonyl (C=O) groups excluding carboxylic acids is 1. The molecular weight excluding hydrogens is 575 g/mol. The Morgan fingerprint density at radius 2 is 1.40 bits per heavy atom. The van der Waals surface area contributed by atoms with Gasteiger partial charge in [0.15, 0.2) is 0 Å². The summed E-state index contributed by atoms with van der Waals surface area (Å²) in [6.45, 7) is 3.35. The molecule has 0 aliphatic rings. The van der Waals surface area contributed by atoms with Crippen LogP contribution in [0.2, 0.25) is 0 Å². The lowest BCUT2D eigenvalue weighted by atomic mass is 10.7. The van der Waals surface area contributed by atoms with Crippen molar-refractivity contribution in [2.75, 3.05) is 96.5 Å². The number of nitrogens with one attached hydrogen (secondary N) is 1. The Kier molecular flexibility index (Phi) is 32.4. The van der Waals surface area contributed by atoms with Crippen LogP contribution in [0, 0.1) is 0 Å². The number of carbonyl (C=O) groups is 1. The largest absolute Gasteiger partial charge is 0.449 e. The van der Waals surface area contributed by atoms with Crippen LogP contribution in [0.1, 0.15) is 0 Å². The lowest BCUT2D eigenvalue weighted by Gasteiger charge is -2.07. The number of alkyl carbamates (subject to hydrolysis) is 1. The number of hydrogen-bond donors (Lipinski definition) is 3. The van der Waals surface area contributed by atoms with Crippen molar-refractivity contribution in [1.29, 1.82) is 0 Å². The molecule has 206 valence electrons. The first-order chi connectivity index (χ1) is 17.3. The molecule has 35 heavy (non-hydrogen) atoms. The van der Waals surface area contributed by atoms with Gasteiger partial charge in [0, 0.05) is 57.0 Å². The highest BCUT2D eigenvalue weighted by Gasteiger charge is 2.01. The van der Waals surface area contributed by atoms with E-state index in [0.29, 0.717) is 51.0 Å². The first kappa shape index (κ1) is 35.2. The molecule has 16 heteroatoms. The predicted octanol–water partition coefficient (Wildman–Crippen LogP) is 3.17. The van der Waals surface area contributed by atoms with E-state index in [2.05, 4.69) is 27.9 Å². The summed E-state index contributed by atoms with van der Waals surface area (Å²) in [7, 11) is 0.